The Kier molecular flexibility index (Phi) is 2.28. The van der Waals surface area contributed by atoms with Crippen molar-refractivity contribution in [2.75, 3.05) is 7.05 Å². The van der Waals surface area contributed by atoms with Gasteiger partial charge in [-0.2, -0.15) is 0 Å². The molecule has 1 unspecified atom stereocenters. The Labute approximate surface area is 96.1 Å². The fourth-order valence-corrected chi connectivity index (χ4v) is 3.50. The fraction of sp³-hybridized carbons (Fsp3) is 0.571. The molecule has 86 valence electrons. The lowest BCUT2D eigenvalue weighted by atomic mass is 9.57. The van der Waals surface area contributed by atoms with Crippen LogP contribution in [0.5, 0.6) is 0 Å². The first kappa shape index (κ1) is 10.3. The molecule has 1 aromatic rings. The Bertz CT molecular complexity index is 409. The topological polar surface area (TPSA) is 12.0 Å². The van der Waals surface area contributed by atoms with E-state index in [1.807, 2.05) is 13.1 Å². The first-order valence-electron chi connectivity index (χ1n) is 6.23. The van der Waals surface area contributed by atoms with E-state index >= 15 is 0 Å². The van der Waals surface area contributed by atoms with Crippen LogP contribution in [0, 0.1) is 5.82 Å². The van der Waals surface area contributed by atoms with E-state index in [-0.39, 0.29) is 11.2 Å². The molecule has 2 aliphatic carbocycles. The van der Waals surface area contributed by atoms with Gasteiger partial charge in [0.05, 0.1) is 0 Å². The van der Waals surface area contributed by atoms with E-state index in [1.165, 1.54) is 24.8 Å². The maximum atomic E-state index is 14.1. The molecule has 16 heavy (non-hydrogen) atoms. The van der Waals surface area contributed by atoms with E-state index in [1.54, 1.807) is 6.07 Å². The van der Waals surface area contributed by atoms with Crippen LogP contribution >= 0.6 is 0 Å². The Balaban J connectivity index is 2.14. The van der Waals surface area contributed by atoms with Gasteiger partial charge in [0.2, 0.25) is 0 Å². The number of nitrogens with one attached hydrogen (secondary N) is 1. The van der Waals surface area contributed by atoms with E-state index in [0.29, 0.717) is 6.04 Å². The lowest BCUT2D eigenvalue weighted by Gasteiger charge is -2.48. The Hall–Kier alpha value is -0.890. The zero-order valence-electron chi connectivity index (χ0n) is 9.72. The largest absolute Gasteiger partial charge is 0.313 e. The van der Waals surface area contributed by atoms with Gasteiger partial charge in [-0.3, -0.25) is 0 Å². The predicted molar refractivity (Wildman–Crippen MR) is 63.0 cm³/mol. The summed E-state index contributed by atoms with van der Waals surface area (Å²) < 4.78 is 14.1. The molecule has 0 radical (unpaired) electrons. The molecule has 2 aliphatic rings. The van der Waals surface area contributed by atoms with Crippen molar-refractivity contribution >= 4 is 0 Å². The highest BCUT2D eigenvalue weighted by Crippen LogP contribution is 2.53. The van der Waals surface area contributed by atoms with E-state index in [0.717, 1.165) is 18.4 Å². The predicted octanol–water partition coefficient (Wildman–Crippen LogP) is 3.30. The van der Waals surface area contributed by atoms with Crippen molar-refractivity contribution in [1.82, 2.24) is 5.32 Å². The van der Waals surface area contributed by atoms with E-state index < -0.39 is 0 Å². The summed E-state index contributed by atoms with van der Waals surface area (Å²) in [5.41, 5.74) is 2.41. The third-order valence-corrected chi connectivity index (χ3v) is 4.52. The maximum Gasteiger partial charge on any atom is 0.127 e. The Morgan fingerprint density at radius 2 is 2.12 bits per heavy atom. The normalized spacial score (nSPS) is 26.2. The van der Waals surface area contributed by atoms with Gasteiger partial charge < -0.3 is 5.32 Å². The zero-order chi connectivity index (χ0) is 11.2. The molecule has 0 saturated heterocycles. The van der Waals surface area contributed by atoms with Crippen molar-refractivity contribution in [3.05, 3.63) is 35.1 Å². The minimum Gasteiger partial charge on any atom is -0.313 e. The molecule has 0 heterocycles. The molecule has 0 bridgehead atoms. The first-order chi connectivity index (χ1) is 7.77. The minimum atomic E-state index is 0.0113. The molecule has 0 aromatic heterocycles. The monoisotopic (exact) mass is 219 g/mol. The second-order valence-corrected chi connectivity index (χ2v) is 5.22. The van der Waals surface area contributed by atoms with Gasteiger partial charge in [-0.05, 0) is 55.3 Å². The van der Waals surface area contributed by atoms with Gasteiger partial charge in [-0.15, -0.1) is 0 Å². The van der Waals surface area contributed by atoms with Gasteiger partial charge in [-0.25, -0.2) is 4.39 Å². The second kappa shape index (κ2) is 3.56. The average molecular weight is 219 g/mol. The minimum absolute atomic E-state index is 0.0113. The SMILES string of the molecule is CNC1CCC2(CCC2)c2c(F)cccc21. The third-order valence-electron chi connectivity index (χ3n) is 4.52. The molecule has 1 spiro atoms. The molecule has 3 rings (SSSR count). The van der Waals surface area contributed by atoms with Crippen LogP contribution in [-0.4, -0.2) is 7.05 Å². The van der Waals surface area contributed by atoms with Crippen molar-refractivity contribution in [3.63, 3.8) is 0 Å². The van der Waals surface area contributed by atoms with Gasteiger partial charge in [0, 0.05) is 6.04 Å². The molecule has 1 atom stereocenters. The summed E-state index contributed by atoms with van der Waals surface area (Å²) in [4.78, 5) is 0. The molecule has 2 heteroatoms. The van der Waals surface area contributed by atoms with Gasteiger partial charge in [0.25, 0.3) is 0 Å². The molecule has 0 amide bonds. The number of rotatable bonds is 1. The van der Waals surface area contributed by atoms with Crippen molar-refractivity contribution in [2.24, 2.45) is 0 Å². The molecular weight excluding hydrogens is 201 g/mol. The lowest BCUT2D eigenvalue weighted by molar-refractivity contribution is 0.187. The fourth-order valence-electron chi connectivity index (χ4n) is 3.50. The van der Waals surface area contributed by atoms with Crippen LogP contribution in [0.15, 0.2) is 18.2 Å². The summed E-state index contributed by atoms with van der Waals surface area (Å²) in [5, 5.41) is 3.31. The van der Waals surface area contributed by atoms with Crippen LogP contribution in [-0.2, 0) is 5.41 Å². The van der Waals surface area contributed by atoms with Crippen molar-refractivity contribution in [2.45, 2.75) is 43.6 Å². The van der Waals surface area contributed by atoms with Gasteiger partial charge in [-0.1, -0.05) is 18.6 Å². The standard InChI is InChI=1S/C14H18FN/c1-16-12-6-9-14(7-3-8-14)13-10(12)4-2-5-11(13)15/h2,4-5,12,16H,3,6-9H2,1H3. The quantitative estimate of drug-likeness (QED) is 0.764. The van der Waals surface area contributed by atoms with Crippen molar-refractivity contribution in [3.8, 4) is 0 Å². The summed E-state index contributed by atoms with van der Waals surface area (Å²) in [6.45, 7) is 0. The van der Waals surface area contributed by atoms with Crippen LogP contribution in [0.4, 0.5) is 4.39 Å². The number of fused-ring (bicyclic) bond motifs is 2. The average Bonchev–Trinajstić information content (AvgIpc) is 2.26. The highest BCUT2D eigenvalue weighted by atomic mass is 19.1. The number of hydrogen-bond donors (Lipinski definition) is 1. The Morgan fingerprint density at radius 3 is 2.75 bits per heavy atom. The molecule has 1 aromatic carbocycles. The van der Waals surface area contributed by atoms with Crippen LogP contribution < -0.4 is 5.32 Å². The molecule has 1 nitrogen and oxygen atoms in total. The zero-order valence-corrected chi connectivity index (χ0v) is 9.72. The molecule has 1 saturated carbocycles. The Morgan fingerprint density at radius 1 is 1.31 bits per heavy atom. The van der Waals surface area contributed by atoms with Crippen molar-refractivity contribution < 1.29 is 4.39 Å². The number of hydrogen-bond acceptors (Lipinski definition) is 1. The van der Waals surface area contributed by atoms with E-state index in [9.17, 15) is 4.39 Å². The highest BCUT2D eigenvalue weighted by molar-refractivity contribution is 5.41. The van der Waals surface area contributed by atoms with E-state index in [2.05, 4.69) is 11.4 Å². The molecule has 1 N–H and O–H groups in total. The highest BCUT2D eigenvalue weighted by Gasteiger charge is 2.45. The summed E-state index contributed by atoms with van der Waals surface area (Å²) in [5.74, 6) is 0.0113. The van der Waals surface area contributed by atoms with Crippen LogP contribution in [0.2, 0.25) is 0 Å². The smallest absolute Gasteiger partial charge is 0.127 e. The van der Waals surface area contributed by atoms with E-state index in [4.69, 9.17) is 0 Å². The summed E-state index contributed by atoms with van der Waals surface area (Å²) >= 11 is 0. The van der Waals surface area contributed by atoms with Crippen molar-refractivity contribution in [1.29, 1.82) is 0 Å². The second-order valence-electron chi connectivity index (χ2n) is 5.22. The van der Waals surface area contributed by atoms with Crippen LogP contribution in [0.1, 0.15) is 49.3 Å². The van der Waals surface area contributed by atoms with Crippen LogP contribution in [0.25, 0.3) is 0 Å². The lowest BCUT2D eigenvalue weighted by Crippen LogP contribution is -2.41. The number of benzene rings is 1. The summed E-state index contributed by atoms with van der Waals surface area (Å²) in [7, 11) is 1.97. The molecule has 0 aliphatic heterocycles. The first-order valence-corrected chi connectivity index (χ1v) is 6.23. The molecule has 1 fully saturated rings. The molecular formula is C14H18FN. The summed E-state index contributed by atoms with van der Waals surface area (Å²) in [6, 6.07) is 5.91. The number of halogens is 1. The van der Waals surface area contributed by atoms with Gasteiger partial charge >= 0.3 is 0 Å². The van der Waals surface area contributed by atoms with Gasteiger partial charge in [0.15, 0.2) is 0 Å². The third kappa shape index (κ3) is 1.26. The summed E-state index contributed by atoms with van der Waals surface area (Å²) in [6.07, 6.45) is 5.91. The van der Waals surface area contributed by atoms with Gasteiger partial charge in [0.1, 0.15) is 5.82 Å². The van der Waals surface area contributed by atoms with Crippen LogP contribution in [0.3, 0.4) is 0 Å². The maximum absolute atomic E-state index is 14.1.